The Kier molecular flexibility index (Phi) is 4.08. The zero-order valence-corrected chi connectivity index (χ0v) is 10.6. The molecule has 0 unspecified atom stereocenters. The van der Waals surface area contributed by atoms with Gasteiger partial charge in [-0.1, -0.05) is 54.6 Å². The summed E-state index contributed by atoms with van der Waals surface area (Å²) in [5.41, 5.74) is 2.64. The molecule has 0 aliphatic carbocycles. The monoisotopic (exact) mass is 254 g/mol. The van der Waals surface area contributed by atoms with Crippen LogP contribution in [0.4, 0.5) is 0 Å². The molecule has 96 valence electrons. The molecule has 0 amide bonds. The lowest BCUT2D eigenvalue weighted by molar-refractivity contribution is -0.135. The first-order valence-corrected chi connectivity index (χ1v) is 5.96. The van der Waals surface area contributed by atoms with E-state index in [1.807, 2.05) is 42.5 Å². The van der Waals surface area contributed by atoms with Crippen molar-refractivity contribution in [2.75, 3.05) is 7.11 Å². The maximum absolute atomic E-state index is 11.6. The number of hydrogen-bond donors (Lipinski definition) is 0. The summed E-state index contributed by atoms with van der Waals surface area (Å²) in [5.74, 6) is -1.45. The summed E-state index contributed by atoms with van der Waals surface area (Å²) >= 11 is 0. The second-order valence-corrected chi connectivity index (χ2v) is 4.18. The van der Waals surface area contributed by atoms with Crippen molar-refractivity contribution in [3.05, 3.63) is 71.3 Å². The molecule has 0 aliphatic heterocycles. The Bertz CT molecular complexity index is 571. The Labute approximate surface area is 111 Å². The summed E-state index contributed by atoms with van der Waals surface area (Å²) in [5, 5.41) is 0. The van der Waals surface area contributed by atoms with Crippen LogP contribution in [0.15, 0.2) is 54.6 Å². The Morgan fingerprint density at radius 2 is 1.47 bits per heavy atom. The van der Waals surface area contributed by atoms with Crippen LogP contribution >= 0.6 is 0 Å². The Hall–Kier alpha value is -2.42. The standard InChI is InChI=1S/C16H14O3/c1-19-16(18)15(17)14-9-7-13(8-10-14)11-12-5-3-2-4-6-12/h2-10H,11H2,1H3. The van der Waals surface area contributed by atoms with Crippen molar-refractivity contribution in [3.8, 4) is 0 Å². The van der Waals surface area contributed by atoms with Gasteiger partial charge in [0.15, 0.2) is 0 Å². The third-order valence-corrected chi connectivity index (χ3v) is 2.84. The molecule has 0 N–H and O–H groups in total. The molecule has 2 aromatic rings. The normalized spacial score (nSPS) is 9.95. The minimum Gasteiger partial charge on any atom is -0.463 e. The van der Waals surface area contributed by atoms with Gasteiger partial charge in [0.25, 0.3) is 5.78 Å². The molecule has 0 heterocycles. The molecule has 3 heteroatoms. The summed E-state index contributed by atoms with van der Waals surface area (Å²) in [6, 6.07) is 17.1. The lowest BCUT2D eigenvalue weighted by Crippen LogP contribution is -2.15. The van der Waals surface area contributed by atoms with Crippen molar-refractivity contribution < 1.29 is 14.3 Å². The van der Waals surface area contributed by atoms with Crippen LogP contribution < -0.4 is 0 Å². The first kappa shape index (κ1) is 13.0. The summed E-state index contributed by atoms with van der Waals surface area (Å²) < 4.78 is 4.40. The van der Waals surface area contributed by atoms with Gasteiger partial charge in [0, 0.05) is 5.56 Å². The van der Waals surface area contributed by atoms with E-state index in [-0.39, 0.29) is 0 Å². The highest BCUT2D eigenvalue weighted by molar-refractivity contribution is 6.40. The van der Waals surface area contributed by atoms with Gasteiger partial charge < -0.3 is 4.74 Å². The van der Waals surface area contributed by atoms with Gasteiger partial charge in [0.1, 0.15) is 0 Å². The SMILES string of the molecule is COC(=O)C(=O)c1ccc(Cc2ccccc2)cc1. The van der Waals surface area contributed by atoms with Gasteiger partial charge in [-0.15, -0.1) is 0 Å². The highest BCUT2D eigenvalue weighted by Crippen LogP contribution is 2.11. The third kappa shape index (κ3) is 3.28. The molecule has 0 saturated carbocycles. The van der Waals surface area contributed by atoms with Crippen molar-refractivity contribution in [3.63, 3.8) is 0 Å². The van der Waals surface area contributed by atoms with Gasteiger partial charge in [-0.25, -0.2) is 4.79 Å². The Morgan fingerprint density at radius 1 is 0.895 bits per heavy atom. The number of benzene rings is 2. The van der Waals surface area contributed by atoms with E-state index < -0.39 is 11.8 Å². The fraction of sp³-hybridized carbons (Fsp3) is 0.125. The average molecular weight is 254 g/mol. The lowest BCUT2D eigenvalue weighted by Gasteiger charge is -2.03. The van der Waals surface area contributed by atoms with Crippen LogP contribution in [0, 0.1) is 0 Å². The van der Waals surface area contributed by atoms with Crippen LogP contribution in [0.5, 0.6) is 0 Å². The highest BCUT2D eigenvalue weighted by Gasteiger charge is 2.15. The van der Waals surface area contributed by atoms with E-state index in [0.717, 1.165) is 12.0 Å². The molecule has 3 nitrogen and oxygen atoms in total. The second-order valence-electron chi connectivity index (χ2n) is 4.18. The van der Waals surface area contributed by atoms with E-state index in [0.29, 0.717) is 5.56 Å². The van der Waals surface area contributed by atoms with E-state index in [1.54, 1.807) is 12.1 Å². The van der Waals surface area contributed by atoms with Crippen LogP contribution in [0.3, 0.4) is 0 Å². The quantitative estimate of drug-likeness (QED) is 0.478. The van der Waals surface area contributed by atoms with Gasteiger partial charge in [0.2, 0.25) is 0 Å². The van der Waals surface area contributed by atoms with Crippen LogP contribution in [0.25, 0.3) is 0 Å². The molecule has 19 heavy (non-hydrogen) atoms. The van der Waals surface area contributed by atoms with E-state index in [4.69, 9.17) is 0 Å². The van der Waals surface area contributed by atoms with Crippen molar-refractivity contribution in [1.29, 1.82) is 0 Å². The molecule has 0 aliphatic rings. The Balaban J connectivity index is 2.11. The summed E-state index contributed by atoms with van der Waals surface area (Å²) in [4.78, 5) is 22.7. The fourth-order valence-electron chi connectivity index (χ4n) is 1.82. The zero-order chi connectivity index (χ0) is 13.7. The molecular weight excluding hydrogens is 240 g/mol. The zero-order valence-electron chi connectivity index (χ0n) is 10.6. The molecule has 0 spiro atoms. The molecule has 0 atom stereocenters. The number of carbonyl (C=O) groups is 2. The fourth-order valence-corrected chi connectivity index (χ4v) is 1.82. The van der Waals surface area contributed by atoms with Crippen LogP contribution in [0.1, 0.15) is 21.5 Å². The van der Waals surface area contributed by atoms with Gasteiger partial charge in [-0.2, -0.15) is 0 Å². The molecule has 0 saturated heterocycles. The molecular formula is C16H14O3. The number of esters is 1. The summed E-state index contributed by atoms with van der Waals surface area (Å²) in [7, 11) is 1.20. The average Bonchev–Trinajstić information content (AvgIpc) is 2.47. The number of carbonyl (C=O) groups excluding carboxylic acids is 2. The van der Waals surface area contributed by atoms with E-state index >= 15 is 0 Å². The number of methoxy groups -OCH3 is 1. The first-order chi connectivity index (χ1) is 9.20. The molecule has 2 aromatic carbocycles. The van der Waals surface area contributed by atoms with Gasteiger partial charge >= 0.3 is 5.97 Å². The number of rotatable bonds is 4. The van der Waals surface area contributed by atoms with E-state index in [2.05, 4.69) is 4.74 Å². The predicted octanol–water partition coefficient (Wildman–Crippen LogP) is 2.63. The predicted molar refractivity (Wildman–Crippen MR) is 72.0 cm³/mol. The summed E-state index contributed by atoms with van der Waals surface area (Å²) in [6.45, 7) is 0. The third-order valence-electron chi connectivity index (χ3n) is 2.84. The van der Waals surface area contributed by atoms with Gasteiger partial charge in [-0.05, 0) is 17.5 Å². The van der Waals surface area contributed by atoms with Crippen molar-refractivity contribution in [2.45, 2.75) is 6.42 Å². The first-order valence-electron chi connectivity index (χ1n) is 5.96. The van der Waals surface area contributed by atoms with Gasteiger partial charge in [0.05, 0.1) is 7.11 Å². The maximum atomic E-state index is 11.6. The minimum absolute atomic E-state index is 0.351. The van der Waals surface area contributed by atoms with Crippen molar-refractivity contribution in [1.82, 2.24) is 0 Å². The van der Waals surface area contributed by atoms with Gasteiger partial charge in [-0.3, -0.25) is 4.79 Å². The smallest absolute Gasteiger partial charge is 0.379 e. The number of ether oxygens (including phenoxy) is 1. The van der Waals surface area contributed by atoms with E-state index in [1.165, 1.54) is 12.7 Å². The molecule has 0 bridgehead atoms. The van der Waals surface area contributed by atoms with Crippen molar-refractivity contribution >= 4 is 11.8 Å². The number of ketones is 1. The van der Waals surface area contributed by atoms with Crippen LogP contribution in [-0.2, 0) is 16.0 Å². The maximum Gasteiger partial charge on any atom is 0.379 e. The highest BCUT2D eigenvalue weighted by atomic mass is 16.5. The van der Waals surface area contributed by atoms with Crippen LogP contribution in [-0.4, -0.2) is 18.9 Å². The summed E-state index contributed by atoms with van der Waals surface area (Å²) in [6.07, 6.45) is 0.799. The molecule has 0 radical (unpaired) electrons. The molecule has 0 fully saturated rings. The van der Waals surface area contributed by atoms with Crippen molar-refractivity contribution in [2.24, 2.45) is 0 Å². The second kappa shape index (κ2) is 5.96. The van der Waals surface area contributed by atoms with Crippen LogP contribution in [0.2, 0.25) is 0 Å². The van der Waals surface area contributed by atoms with E-state index in [9.17, 15) is 9.59 Å². The largest absolute Gasteiger partial charge is 0.463 e. The lowest BCUT2D eigenvalue weighted by atomic mass is 10.0. The molecule has 2 rings (SSSR count). The Morgan fingerprint density at radius 3 is 2.05 bits per heavy atom. The topological polar surface area (TPSA) is 43.4 Å². The minimum atomic E-state index is -0.837. The molecule has 0 aromatic heterocycles. The number of hydrogen-bond acceptors (Lipinski definition) is 3. The number of Topliss-reactive ketones (excluding diaryl/α,β-unsaturated/α-hetero) is 1.